The van der Waals surface area contributed by atoms with E-state index in [1.807, 2.05) is 13.8 Å². The molecule has 0 unspecified atom stereocenters. The Kier molecular flexibility index (Phi) is 6.20. The molecule has 1 rings (SSSR count). The van der Waals surface area contributed by atoms with Crippen LogP contribution >= 0.6 is 0 Å². The summed E-state index contributed by atoms with van der Waals surface area (Å²) < 4.78 is 0. The average Bonchev–Trinajstić information content (AvgIpc) is 2.42. The van der Waals surface area contributed by atoms with Gasteiger partial charge in [0.15, 0.2) is 0 Å². The molecule has 1 aromatic heterocycles. The van der Waals surface area contributed by atoms with Gasteiger partial charge in [0.2, 0.25) is 5.91 Å². The highest BCUT2D eigenvalue weighted by atomic mass is 16.2. The Morgan fingerprint density at radius 1 is 1.45 bits per heavy atom. The lowest BCUT2D eigenvalue weighted by molar-refractivity contribution is -0.120. The molecular weight excluding hydrogens is 258 g/mol. The second-order valence-corrected chi connectivity index (χ2v) is 4.26. The second kappa shape index (κ2) is 7.92. The molecular formula is C14H17N3O3. The lowest BCUT2D eigenvalue weighted by Crippen LogP contribution is -2.40. The Labute approximate surface area is 117 Å². The Hall–Kier alpha value is -2.39. The molecule has 0 radical (unpaired) electrons. The average molecular weight is 275 g/mol. The van der Waals surface area contributed by atoms with Crippen molar-refractivity contribution in [3.63, 3.8) is 0 Å². The fourth-order valence-corrected chi connectivity index (χ4v) is 1.44. The Balaban J connectivity index is 2.71. The van der Waals surface area contributed by atoms with Crippen molar-refractivity contribution in [1.29, 1.82) is 0 Å². The third kappa shape index (κ3) is 5.08. The summed E-state index contributed by atoms with van der Waals surface area (Å²) in [4.78, 5) is 27.3. The van der Waals surface area contributed by atoms with E-state index in [1.165, 1.54) is 6.20 Å². The van der Waals surface area contributed by atoms with E-state index >= 15 is 0 Å². The SMILES string of the molecule is CC(C)NC(=O)CNC(=O)c1ncccc1C#CCO. The van der Waals surface area contributed by atoms with Crippen LogP contribution in [0, 0.1) is 11.8 Å². The van der Waals surface area contributed by atoms with Gasteiger partial charge in [-0.15, -0.1) is 0 Å². The number of pyridine rings is 1. The van der Waals surface area contributed by atoms with Crippen LogP contribution < -0.4 is 10.6 Å². The number of carbonyl (C=O) groups excluding carboxylic acids is 2. The molecule has 0 spiro atoms. The topological polar surface area (TPSA) is 91.3 Å². The number of aromatic nitrogens is 1. The van der Waals surface area contributed by atoms with Crippen LogP contribution in [0.2, 0.25) is 0 Å². The van der Waals surface area contributed by atoms with E-state index in [9.17, 15) is 9.59 Å². The summed E-state index contributed by atoms with van der Waals surface area (Å²) in [7, 11) is 0. The molecule has 20 heavy (non-hydrogen) atoms. The number of nitrogens with one attached hydrogen (secondary N) is 2. The first-order valence-corrected chi connectivity index (χ1v) is 6.17. The molecule has 0 bridgehead atoms. The van der Waals surface area contributed by atoms with Crippen molar-refractivity contribution < 1.29 is 14.7 Å². The van der Waals surface area contributed by atoms with Crippen LogP contribution in [-0.2, 0) is 4.79 Å². The van der Waals surface area contributed by atoms with Gasteiger partial charge in [-0.1, -0.05) is 11.8 Å². The fourth-order valence-electron chi connectivity index (χ4n) is 1.44. The largest absolute Gasteiger partial charge is 0.384 e. The summed E-state index contributed by atoms with van der Waals surface area (Å²) in [6, 6.07) is 3.28. The fraction of sp³-hybridized carbons (Fsp3) is 0.357. The maximum atomic E-state index is 11.9. The predicted octanol–water partition coefficient (Wildman–Crippen LogP) is -0.320. The summed E-state index contributed by atoms with van der Waals surface area (Å²) >= 11 is 0. The summed E-state index contributed by atoms with van der Waals surface area (Å²) in [5.74, 6) is 4.35. The minimum absolute atomic E-state index is 0.0141. The van der Waals surface area contributed by atoms with Crippen LogP contribution in [-0.4, -0.2) is 41.1 Å². The van der Waals surface area contributed by atoms with E-state index in [2.05, 4.69) is 27.5 Å². The summed E-state index contributed by atoms with van der Waals surface area (Å²) in [6.07, 6.45) is 1.47. The molecule has 0 aromatic carbocycles. The van der Waals surface area contributed by atoms with Crippen molar-refractivity contribution in [3.05, 3.63) is 29.6 Å². The molecule has 0 atom stereocenters. The van der Waals surface area contributed by atoms with Gasteiger partial charge in [0.1, 0.15) is 12.3 Å². The first-order valence-electron chi connectivity index (χ1n) is 6.17. The lowest BCUT2D eigenvalue weighted by atomic mass is 10.2. The molecule has 1 heterocycles. The van der Waals surface area contributed by atoms with Gasteiger partial charge in [-0.25, -0.2) is 4.98 Å². The van der Waals surface area contributed by atoms with E-state index in [0.717, 1.165) is 0 Å². The number of aliphatic hydroxyl groups is 1. The summed E-state index contributed by atoms with van der Waals surface area (Å²) in [5.41, 5.74) is 0.536. The molecule has 1 aromatic rings. The van der Waals surface area contributed by atoms with Gasteiger partial charge in [-0.05, 0) is 26.0 Å². The number of hydrogen-bond acceptors (Lipinski definition) is 4. The zero-order chi connectivity index (χ0) is 15.0. The molecule has 0 saturated heterocycles. The Morgan fingerprint density at radius 2 is 2.20 bits per heavy atom. The molecule has 6 heteroatoms. The normalized spacial score (nSPS) is 9.60. The van der Waals surface area contributed by atoms with Crippen molar-refractivity contribution in [3.8, 4) is 11.8 Å². The van der Waals surface area contributed by atoms with E-state index in [0.29, 0.717) is 5.56 Å². The van der Waals surface area contributed by atoms with Gasteiger partial charge in [-0.2, -0.15) is 0 Å². The highest BCUT2D eigenvalue weighted by molar-refractivity contribution is 5.96. The second-order valence-electron chi connectivity index (χ2n) is 4.26. The molecule has 3 N–H and O–H groups in total. The molecule has 0 fully saturated rings. The monoisotopic (exact) mass is 275 g/mol. The maximum Gasteiger partial charge on any atom is 0.271 e. The third-order valence-corrected chi connectivity index (χ3v) is 2.18. The smallest absolute Gasteiger partial charge is 0.271 e. The number of carbonyl (C=O) groups is 2. The van der Waals surface area contributed by atoms with Crippen LogP contribution in [0.3, 0.4) is 0 Å². The van der Waals surface area contributed by atoms with Crippen molar-refractivity contribution in [1.82, 2.24) is 15.6 Å². The highest BCUT2D eigenvalue weighted by Gasteiger charge is 2.12. The minimum Gasteiger partial charge on any atom is -0.384 e. The van der Waals surface area contributed by atoms with E-state index in [4.69, 9.17) is 5.11 Å². The standard InChI is InChI=1S/C14H17N3O3/c1-10(2)17-12(19)9-16-14(20)13-11(6-4-8-18)5-3-7-15-13/h3,5,7,10,18H,8-9H2,1-2H3,(H,16,20)(H,17,19). The highest BCUT2D eigenvalue weighted by Crippen LogP contribution is 2.03. The maximum absolute atomic E-state index is 11.9. The zero-order valence-corrected chi connectivity index (χ0v) is 11.4. The minimum atomic E-state index is -0.480. The van der Waals surface area contributed by atoms with Crippen LogP contribution in [0.25, 0.3) is 0 Å². The van der Waals surface area contributed by atoms with Crippen LogP contribution in [0.4, 0.5) is 0 Å². The van der Waals surface area contributed by atoms with Crippen LogP contribution in [0.15, 0.2) is 18.3 Å². The van der Waals surface area contributed by atoms with Gasteiger partial charge in [0.25, 0.3) is 5.91 Å². The number of rotatable bonds is 4. The Bertz CT molecular complexity index is 544. The van der Waals surface area contributed by atoms with Gasteiger partial charge in [-0.3, -0.25) is 9.59 Å². The first-order chi connectivity index (χ1) is 9.54. The molecule has 0 saturated carbocycles. The molecule has 0 aliphatic heterocycles. The number of amides is 2. The Morgan fingerprint density at radius 3 is 2.85 bits per heavy atom. The van der Waals surface area contributed by atoms with Gasteiger partial charge in [0.05, 0.1) is 12.1 Å². The van der Waals surface area contributed by atoms with Gasteiger partial charge < -0.3 is 15.7 Å². The first kappa shape index (κ1) is 15.7. The predicted molar refractivity (Wildman–Crippen MR) is 73.8 cm³/mol. The molecule has 0 aliphatic rings. The van der Waals surface area contributed by atoms with Crippen molar-refractivity contribution in [2.75, 3.05) is 13.2 Å². The summed E-state index contributed by atoms with van der Waals surface area (Å²) in [6.45, 7) is 3.25. The molecule has 0 aliphatic carbocycles. The lowest BCUT2D eigenvalue weighted by Gasteiger charge is -2.09. The van der Waals surface area contributed by atoms with Crippen LogP contribution in [0.1, 0.15) is 29.9 Å². The molecule has 106 valence electrons. The van der Waals surface area contributed by atoms with Gasteiger partial charge in [0, 0.05) is 12.2 Å². The van der Waals surface area contributed by atoms with Gasteiger partial charge >= 0.3 is 0 Å². The van der Waals surface area contributed by atoms with Crippen molar-refractivity contribution in [2.24, 2.45) is 0 Å². The number of nitrogens with zero attached hydrogens (tertiary/aromatic N) is 1. The van der Waals surface area contributed by atoms with Crippen LogP contribution in [0.5, 0.6) is 0 Å². The van der Waals surface area contributed by atoms with E-state index in [-0.39, 0.29) is 30.8 Å². The quantitative estimate of drug-likeness (QED) is 0.657. The van der Waals surface area contributed by atoms with Crippen molar-refractivity contribution >= 4 is 11.8 Å². The number of aliphatic hydroxyl groups excluding tert-OH is 1. The molecule has 6 nitrogen and oxygen atoms in total. The van der Waals surface area contributed by atoms with E-state index in [1.54, 1.807) is 12.1 Å². The van der Waals surface area contributed by atoms with E-state index < -0.39 is 5.91 Å². The van der Waals surface area contributed by atoms with Crippen molar-refractivity contribution in [2.45, 2.75) is 19.9 Å². The third-order valence-electron chi connectivity index (χ3n) is 2.18. The molecule has 2 amide bonds. The zero-order valence-electron chi connectivity index (χ0n) is 11.4. The number of hydrogen-bond donors (Lipinski definition) is 3. The summed E-state index contributed by atoms with van der Waals surface area (Å²) in [5, 5.41) is 13.8.